The first-order chi connectivity index (χ1) is 8.60. The lowest BCUT2D eigenvalue weighted by Gasteiger charge is -2.08. The maximum Gasteiger partial charge on any atom is 0.143 e. The number of hydrogen-bond acceptors (Lipinski definition) is 2. The molecule has 0 radical (unpaired) electrons. The molecule has 2 aromatic carbocycles. The number of aryl methyl sites for hydroxylation is 1. The third kappa shape index (κ3) is 2.69. The maximum atomic E-state index is 13.4. The average molecular weight is 305 g/mol. The van der Waals surface area contributed by atoms with Gasteiger partial charge in [0, 0.05) is 15.8 Å². The first-order valence-electron chi connectivity index (χ1n) is 5.33. The Hall–Kier alpha value is -1.86. The van der Waals surface area contributed by atoms with Crippen molar-refractivity contribution < 1.29 is 4.39 Å². The van der Waals surface area contributed by atoms with Gasteiger partial charge in [0.05, 0.1) is 5.56 Å². The Morgan fingerprint density at radius 3 is 2.44 bits per heavy atom. The van der Waals surface area contributed by atoms with E-state index in [9.17, 15) is 4.39 Å². The summed E-state index contributed by atoms with van der Waals surface area (Å²) in [6.07, 6.45) is 0. The molecule has 0 amide bonds. The molecule has 0 heterocycles. The molecular weight excluding hydrogens is 295 g/mol. The van der Waals surface area contributed by atoms with Crippen molar-refractivity contribution in [2.45, 2.75) is 6.92 Å². The van der Waals surface area contributed by atoms with Gasteiger partial charge in [0.15, 0.2) is 0 Å². The van der Waals surface area contributed by atoms with Gasteiger partial charge in [-0.15, -0.1) is 0 Å². The monoisotopic (exact) mass is 304 g/mol. The Morgan fingerprint density at radius 2 is 1.83 bits per heavy atom. The van der Waals surface area contributed by atoms with Crippen LogP contribution in [0.2, 0.25) is 0 Å². The number of benzene rings is 2. The van der Waals surface area contributed by atoms with Crippen molar-refractivity contribution in [3.05, 3.63) is 57.8 Å². The van der Waals surface area contributed by atoms with Gasteiger partial charge in [-0.05, 0) is 48.9 Å². The van der Waals surface area contributed by atoms with Crippen LogP contribution >= 0.6 is 15.9 Å². The molecule has 2 aromatic rings. The van der Waals surface area contributed by atoms with Gasteiger partial charge in [-0.25, -0.2) is 4.39 Å². The van der Waals surface area contributed by atoms with Crippen LogP contribution in [-0.2, 0) is 0 Å². The predicted octanol–water partition coefficient (Wildman–Crippen LogP) is 4.51. The van der Waals surface area contributed by atoms with Gasteiger partial charge in [0.25, 0.3) is 0 Å². The van der Waals surface area contributed by atoms with Crippen LogP contribution in [0.1, 0.15) is 11.1 Å². The molecule has 0 atom stereocenters. The summed E-state index contributed by atoms with van der Waals surface area (Å²) < 4.78 is 14.5. The highest BCUT2D eigenvalue weighted by Crippen LogP contribution is 2.23. The molecule has 4 heteroatoms. The van der Waals surface area contributed by atoms with Crippen LogP contribution in [0.15, 0.2) is 40.9 Å². The molecule has 0 fully saturated rings. The number of nitriles is 1. The van der Waals surface area contributed by atoms with E-state index in [1.807, 2.05) is 25.1 Å². The number of anilines is 2. The number of nitrogens with one attached hydrogen (secondary N) is 1. The van der Waals surface area contributed by atoms with E-state index in [-0.39, 0.29) is 5.56 Å². The zero-order valence-corrected chi connectivity index (χ0v) is 11.3. The Morgan fingerprint density at radius 1 is 1.17 bits per heavy atom. The first kappa shape index (κ1) is 12.6. The van der Waals surface area contributed by atoms with Gasteiger partial charge in [0.2, 0.25) is 0 Å². The van der Waals surface area contributed by atoms with Crippen molar-refractivity contribution in [3.8, 4) is 6.07 Å². The van der Waals surface area contributed by atoms with E-state index in [0.29, 0.717) is 5.69 Å². The van der Waals surface area contributed by atoms with E-state index in [0.717, 1.165) is 15.7 Å². The number of rotatable bonds is 2. The maximum absolute atomic E-state index is 13.4. The Balaban J connectivity index is 2.26. The van der Waals surface area contributed by atoms with Crippen LogP contribution in [0, 0.1) is 24.1 Å². The van der Waals surface area contributed by atoms with Crippen LogP contribution in [0.3, 0.4) is 0 Å². The highest BCUT2D eigenvalue weighted by Gasteiger charge is 2.03. The van der Waals surface area contributed by atoms with E-state index in [4.69, 9.17) is 5.26 Å². The average Bonchev–Trinajstić information content (AvgIpc) is 2.34. The normalized spacial score (nSPS) is 9.89. The largest absolute Gasteiger partial charge is 0.355 e. The molecule has 90 valence electrons. The zero-order chi connectivity index (χ0) is 13.1. The molecule has 0 saturated heterocycles. The smallest absolute Gasteiger partial charge is 0.143 e. The zero-order valence-electron chi connectivity index (χ0n) is 9.67. The first-order valence-corrected chi connectivity index (χ1v) is 6.12. The van der Waals surface area contributed by atoms with E-state index in [1.165, 1.54) is 12.1 Å². The number of halogens is 2. The second-order valence-electron chi connectivity index (χ2n) is 3.90. The summed E-state index contributed by atoms with van der Waals surface area (Å²) >= 11 is 3.42. The van der Waals surface area contributed by atoms with E-state index in [1.54, 1.807) is 12.1 Å². The third-order valence-electron chi connectivity index (χ3n) is 2.54. The lowest BCUT2D eigenvalue weighted by Crippen LogP contribution is -1.93. The minimum atomic E-state index is -0.517. The van der Waals surface area contributed by atoms with Gasteiger partial charge in [-0.2, -0.15) is 5.26 Å². The molecular formula is C14H10BrFN2. The third-order valence-corrected chi connectivity index (χ3v) is 3.43. The van der Waals surface area contributed by atoms with Gasteiger partial charge in [-0.3, -0.25) is 0 Å². The molecule has 0 aliphatic rings. The van der Waals surface area contributed by atoms with Crippen molar-refractivity contribution in [2.24, 2.45) is 0 Å². The van der Waals surface area contributed by atoms with Crippen molar-refractivity contribution in [3.63, 3.8) is 0 Å². The summed E-state index contributed by atoms with van der Waals surface area (Å²) in [4.78, 5) is 0. The van der Waals surface area contributed by atoms with Crippen LogP contribution < -0.4 is 5.32 Å². The summed E-state index contributed by atoms with van der Waals surface area (Å²) in [5.74, 6) is -0.517. The number of hydrogen-bond donors (Lipinski definition) is 1. The lowest BCUT2D eigenvalue weighted by molar-refractivity contribution is 0.624. The predicted molar refractivity (Wildman–Crippen MR) is 73.3 cm³/mol. The Kier molecular flexibility index (Phi) is 3.63. The van der Waals surface area contributed by atoms with Crippen molar-refractivity contribution >= 4 is 27.3 Å². The molecule has 2 nitrogen and oxygen atoms in total. The van der Waals surface area contributed by atoms with E-state index >= 15 is 0 Å². The van der Waals surface area contributed by atoms with E-state index in [2.05, 4.69) is 21.2 Å². The van der Waals surface area contributed by atoms with Crippen LogP contribution in [0.25, 0.3) is 0 Å². The molecule has 0 saturated carbocycles. The molecule has 0 bridgehead atoms. The van der Waals surface area contributed by atoms with Crippen LogP contribution in [0.4, 0.5) is 15.8 Å². The molecule has 18 heavy (non-hydrogen) atoms. The summed E-state index contributed by atoms with van der Waals surface area (Å²) in [6, 6.07) is 12.0. The fourth-order valence-corrected chi connectivity index (χ4v) is 1.82. The second-order valence-corrected chi connectivity index (χ2v) is 4.75. The van der Waals surface area contributed by atoms with Crippen molar-refractivity contribution in [2.75, 3.05) is 5.32 Å². The minimum Gasteiger partial charge on any atom is -0.355 e. The fourth-order valence-electron chi connectivity index (χ4n) is 1.57. The van der Waals surface area contributed by atoms with Crippen molar-refractivity contribution in [1.29, 1.82) is 5.26 Å². The summed E-state index contributed by atoms with van der Waals surface area (Å²) in [5, 5.41) is 11.7. The Labute approximate surface area is 113 Å². The minimum absolute atomic E-state index is 0.0486. The van der Waals surface area contributed by atoms with Gasteiger partial charge in [-0.1, -0.05) is 15.9 Å². The Bertz CT molecular complexity index is 632. The van der Waals surface area contributed by atoms with Crippen molar-refractivity contribution in [1.82, 2.24) is 0 Å². The fraction of sp³-hybridized carbons (Fsp3) is 0.0714. The van der Waals surface area contributed by atoms with Crippen LogP contribution in [-0.4, -0.2) is 0 Å². The standard InChI is InChI=1S/C14H10BrFN2/c1-9-6-11(4-5-13(9)15)18-12-3-2-10(8-17)14(16)7-12/h2-7,18H,1H3. The highest BCUT2D eigenvalue weighted by molar-refractivity contribution is 9.10. The molecule has 0 aromatic heterocycles. The SMILES string of the molecule is Cc1cc(Nc2ccc(C#N)c(F)c2)ccc1Br. The number of nitrogens with zero attached hydrogens (tertiary/aromatic N) is 1. The molecule has 1 N–H and O–H groups in total. The molecule has 0 aliphatic carbocycles. The van der Waals surface area contributed by atoms with Gasteiger partial charge < -0.3 is 5.32 Å². The van der Waals surface area contributed by atoms with E-state index < -0.39 is 5.82 Å². The van der Waals surface area contributed by atoms with Gasteiger partial charge in [0.1, 0.15) is 11.9 Å². The van der Waals surface area contributed by atoms with Crippen LogP contribution in [0.5, 0.6) is 0 Å². The molecule has 0 aliphatic heterocycles. The highest BCUT2D eigenvalue weighted by atomic mass is 79.9. The molecule has 0 unspecified atom stereocenters. The summed E-state index contributed by atoms with van der Waals surface area (Å²) in [6.45, 7) is 1.98. The van der Waals surface area contributed by atoms with Gasteiger partial charge >= 0.3 is 0 Å². The summed E-state index contributed by atoms with van der Waals surface area (Å²) in [5.41, 5.74) is 2.63. The molecule has 2 rings (SSSR count). The molecule has 0 spiro atoms. The second kappa shape index (κ2) is 5.19. The summed E-state index contributed by atoms with van der Waals surface area (Å²) in [7, 11) is 0. The quantitative estimate of drug-likeness (QED) is 0.886. The topological polar surface area (TPSA) is 35.8 Å². The lowest BCUT2D eigenvalue weighted by atomic mass is 10.2.